The average molecular weight is 354 g/mol. The maximum atomic E-state index is 12.2. The minimum Gasteiger partial charge on any atom is -0.351 e. The molecule has 24 heavy (non-hydrogen) atoms. The van der Waals surface area contributed by atoms with E-state index >= 15 is 0 Å². The minimum absolute atomic E-state index is 0.0361. The molecular weight excluding hydrogens is 336 g/mol. The smallest absolute Gasteiger partial charge is 0.252 e. The number of nitrogens with one attached hydrogen (secondary N) is 1. The summed E-state index contributed by atoms with van der Waals surface area (Å²) in [5.74, 6) is -0.771. The van der Waals surface area contributed by atoms with E-state index in [1.807, 2.05) is 0 Å². The summed E-state index contributed by atoms with van der Waals surface area (Å²) in [6.45, 7) is 1.75. The van der Waals surface area contributed by atoms with Gasteiger partial charge in [0.1, 0.15) is 18.9 Å². The fourth-order valence-corrected chi connectivity index (χ4v) is 4.07. The van der Waals surface area contributed by atoms with Gasteiger partial charge in [0.25, 0.3) is 5.82 Å². The predicted molar refractivity (Wildman–Crippen MR) is 82.2 cm³/mol. The summed E-state index contributed by atoms with van der Waals surface area (Å²) in [4.78, 5) is 29.2. The van der Waals surface area contributed by atoms with E-state index in [1.54, 1.807) is 13.0 Å². The van der Waals surface area contributed by atoms with Crippen LogP contribution in [0.3, 0.4) is 0 Å². The van der Waals surface area contributed by atoms with Crippen molar-refractivity contribution >= 4 is 21.7 Å². The number of likely N-dealkylation sites (N-methyl/N-ethyl adjacent to an activating group) is 1. The molecule has 0 aromatic carbocycles. The molecule has 0 saturated carbocycles. The highest BCUT2D eigenvalue weighted by Crippen LogP contribution is 2.11. The number of nitriles is 1. The molecule has 1 aliphatic heterocycles. The topological polar surface area (TPSA) is 138 Å². The van der Waals surface area contributed by atoms with Crippen LogP contribution in [0.15, 0.2) is 6.33 Å². The molecule has 10 nitrogen and oxygen atoms in total. The highest BCUT2D eigenvalue weighted by Gasteiger charge is 2.29. The molecule has 1 atom stereocenters. The van der Waals surface area contributed by atoms with Gasteiger partial charge in [0, 0.05) is 12.6 Å². The number of sulfone groups is 1. The number of carbonyl (C=O) groups is 2. The molecule has 1 saturated heterocycles. The molecule has 0 spiro atoms. The van der Waals surface area contributed by atoms with Crippen LogP contribution in [-0.2, 0) is 26.0 Å². The van der Waals surface area contributed by atoms with Crippen LogP contribution < -0.4 is 5.32 Å². The Hall–Kier alpha value is -2.48. The van der Waals surface area contributed by atoms with Gasteiger partial charge in [-0.15, -0.1) is 5.10 Å². The van der Waals surface area contributed by atoms with Crippen molar-refractivity contribution in [1.29, 1.82) is 5.26 Å². The van der Waals surface area contributed by atoms with Crippen molar-refractivity contribution in [3.8, 4) is 6.07 Å². The van der Waals surface area contributed by atoms with E-state index in [-0.39, 0.29) is 36.3 Å². The van der Waals surface area contributed by atoms with Crippen LogP contribution in [0.4, 0.5) is 0 Å². The molecule has 2 rings (SSSR count). The van der Waals surface area contributed by atoms with Gasteiger partial charge in [-0.3, -0.25) is 9.59 Å². The van der Waals surface area contributed by atoms with Gasteiger partial charge in [-0.1, -0.05) is 0 Å². The Balaban J connectivity index is 1.87. The summed E-state index contributed by atoms with van der Waals surface area (Å²) in [7, 11) is -3.07. The molecule has 2 heterocycles. The molecular formula is C13H18N6O4S. The lowest BCUT2D eigenvalue weighted by Gasteiger charge is -2.21. The minimum atomic E-state index is -3.07. The summed E-state index contributed by atoms with van der Waals surface area (Å²) in [5, 5.41) is 15.1. The van der Waals surface area contributed by atoms with Crippen LogP contribution in [-0.4, -0.2) is 70.5 Å². The van der Waals surface area contributed by atoms with E-state index < -0.39 is 21.8 Å². The molecule has 1 aromatic rings. The first-order valence-electron chi connectivity index (χ1n) is 7.40. The van der Waals surface area contributed by atoms with Crippen molar-refractivity contribution in [2.75, 3.05) is 24.6 Å². The van der Waals surface area contributed by atoms with Gasteiger partial charge >= 0.3 is 0 Å². The maximum absolute atomic E-state index is 12.2. The van der Waals surface area contributed by atoms with E-state index in [9.17, 15) is 18.0 Å². The largest absolute Gasteiger partial charge is 0.351 e. The van der Waals surface area contributed by atoms with E-state index in [4.69, 9.17) is 5.26 Å². The molecule has 0 aliphatic carbocycles. The van der Waals surface area contributed by atoms with Gasteiger partial charge in [0.2, 0.25) is 11.8 Å². The molecule has 1 N–H and O–H groups in total. The van der Waals surface area contributed by atoms with E-state index in [2.05, 4.69) is 15.4 Å². The van der Waals surface area contributed by atoms with Crippen molar-refractivity contribution in [3.63, 3.8) is 0 Å². The van der Waals surface area contributed by atoms with Crippen LogP contribution in [0, 0.1) is 11.3 Å². The second kappa shape index (κ2) is 7.39. The van der Waals surface area contributed by atoms with Crippen molar-refractivity contribution in [2.24, 2.45) is 0 Å². The van der Waals surface area contributed by atoms with Crippen LogP contribution in [0.1, 0.15) is 19.2 Å². The van der Waals surface area contributed by atoms with E-state index in [0.29, 0.717) is 13.0 Å². The number of carbonyl (C=O) groups excluding carboxylic acids is 2. The molecule has 2 amide bonds. The number of nitrogens with zero attached hydrogens (tertiary/aromatic N) is 5. The lowest BCUT2D eigenvalue weighted by molar-refractivity contribution is -0.136. The summed E-state index contributed by atoms with van der Waals surface area (Å²) in [6, 6.07) is 1.36. The van der Waals surface area contributed by atoms with Gasteiger partial charge in [0.05, 0.1) is 18.1 Å². The Bertz CT molecular complexity index is 766. The molecule has 1 unspecified atom stereocenters. The maximum Gasteiger partial charge on any atom is 0.252 e. The van der Waals surface area contributed by atoms with Crippen molar-refractivity contribution in [2.45, 2.75) is 25.9 Å². The second-order valence-electron chi connectivity index (χ2n) is 5.45. The van der Waals surface area contributed by atoms with Crippen molar-refractivity contribution in [1.82, 2.24) is 25.0 Å². The molecule has 130 valence electrons. The SMILES string of the molecule is CCN(CC(=O)NC1CCS(=O)(=O)C1)C(=O)Cn1cnc(C#N)n1. The van der Waals surface area contributed by atoms with Gasteiger partial charge in [-0.2, -0.15) is 5.26 Å². The van der Waals surface area contributed by atoms with Gasteiger partial charge < -0.3 is 10.2 Å². The summed E-state index contributed by atoms with van der Waals surface area (Å²) < 4.78 is 24.0. The Morgan fingerprint density at radius 3 is 2.83 bits per heavy atom. The molecule has 1 fully saturated rings. The predicted octanol–water partition coefficient (Wildman–Crippen LogP) is -1.70. The summed E-state index contributed by atoms with van der Waals surface area (Å²) in [5.41, 5.74) is 0. The quantitative estimate of drug-likeness (QED) is 0.642. The highest BCUT2D eigenvalue weighted by molar-refractivity contribution is 7.91. The lowest BCUT2D eigenvalue weighted by Crippen LogP contribution is -2.45. The number of rotatable bonds is 6. The Morgan fingerprint density at radius 2 is 2.29 bits per heavy atom. The average Bonchev–Trinajstić information content (AvgIpc) is 3.10. The Kier molecular flexibility index (Phi) is 5.50. The van der Waals surface area contributed by atoms with Crippen LogP contribution >= 0.6 is 0 Å². The number of amides is 2. The van der Waals surface area contributed by atoms with E-state index in [0.717, 1.165) is 0 Å². The Labute approximate surface area is 139 Å². The van der Waals surface area contributed by atoms with Gasteiger partial charge in [0.15, 0.2) is 9.84 Å². The normalized spacial score (nSPS) is 18.8. The first-order valence-corrected chi connectivity index (χ1v) is 9.22. The fraction of sp³-hybridized carbons (Fsp3) is 0.615. The zero-order valence-corrected chi connectivity index (χ0v) is 14.0. The molecule has 1 aliphatic rings. The van der Waals surface area contributed by atoms with Crippen LogP contribution in [0.2, 0.25) is 0 Å². The molecule has 11 heteroatoms. The van der Waals surface area contributed by atoms with Gasteiger partial charge in [-0.05, 0) is 13.3 Å². The standard InChI is InChI=1S/C13H18N6O4S/c1-2-18(13(21)7-19-9-15-11(5-14)17-19)6-12(20)16-10-3-4-24(22,23)8-10/h9-10H,2-4,6-8H2,1H3,(H,16,20). The highest BCUT2D eigenvalue weighted by atomic mass is 32.2. The summed E-state index contributed by atoms with van der Waals surface area (Å²) in [6.07, 6.45) is 1.66. The first-order chi connectivity index (χ1) is 11.3. The fourth-order valence-electron chi connectivity index (χ4n) is 2.39. The zero-order chi connectivity index (χ0) is 17.7. The number of aromatic nitrogens is 3. The number of hydrogen-bond donors (Lipinski definition) is 1. The monoisotopic (exact) mass is 354 g/mol. The third kappa shape index (κ3) is 4.76. The van der Waals surface area contributed by atoms with Crippen LogP contribution in [0.25, 0.3) is 0 Å². The third-order valence-corrected chi connectivity index (χ3v) is 5.37. The van der Waals surface area contributed by atoms with Gasteiger partial charge in [-0.25, -0.2) is 18.1 Å². The summed E-state index contributed by atoms with van der Waals surface area (Å²) >= 11 is 0. The first kappa shape index (κ1) is 17.9. The second-order valence-corrected chi connectivity index (χ2v) is 7.68. The Morgan fingerprint density at radius 1 is 1.54 bits per heavy atom. The third-order valence-electron chi connectivity index (χ3n) is 3.60. The zero-order valence-electron chi connectivity index (χ0n) is 13.2. The number of hydrogen-bond acceptors (Lipinski definition) is 7. The molecule has 0 radical (unpaired) electrons. The van der Waals surface area contributed by atoms with E-state index in [1.165, 1.54) is 15.9 Å². The van der Waals surface area contributed by atoms with Crippen molar-refractivity contribution < 1.29 is 18.0 Å². The molecule has 0 bridgehead atoms. The van der Waals surface area contributed by atoms with Crippen LogP contribution in [0.5, 0.6) is 0 Å². The lowest BCUT2D eigenvalue weighted by atomic mass is 10.2. The van der Waals surface area contributed by atoms with Crippen molar-refractivity contribution in [3.05, 3.63) is 12.2 Å². The molecule has 1 aromatic heterocycles.